The average Bonchev–Trinajstić information content (AvgIpc) is 2.73. The molecule has 1 rings (SSSR count). The Kier molecular flexibility index (Phi) is 7.95. The van der Waals surface area contributed by atoms with Gasteiger partial charge in [0.05, 0.1) is 25.7 Å². The second-order valence-corrected chi connectivity index (χ2v) is 17.1. The van der Waals surface area contributed by atoms with E-state index >= 15 is 0 Å². The van der Waals surface area contributed by atoms with E-state index in [0.29, 0.717) is 0 Å². The van der Waals surface area contributed by atoms with Crippen molar-refractivity contribution in [1.82, 2.24) is 0 Å². The molecular formula is C16H34O9S2Si. The van der Waals surface area contributed by atoms with Gasteiger partial charge in [-0.25, -0.2) is 0 Å². The molecule has 3 atom stereocenters. The molecule has 0 amide bonds. The third-order valence-corrected chi connectivity index (χ3v) is 10.4. The highest BCUT2D eigenvalue weighted by Crippen LogP contribution is 2.38. The Morgan fingerprint density at radius 1 is 1.04 bits per heavy atom. The Bertz CT molecular complexity index is 739. The molecule has 0 unspecified atom stereocenters. The Balaban J connectivity index is 3.08. The molecule has 0 bridgehead atoms. The standard InChI is InChI=1S/C16H34O9S2Si/c1-15(2,3)28(8,9)22-11-13(25-27(7,19)20)14-12(10-21-26(6,17)18)23-16(4,5)24-14/h12-14H,10-11H2,1-9H3/t12-,13+,14-/m0/s1. The first-order valence-electron chi connectivity index (χ1n) is 8.95. The molecule has 0 saturated carbocycles. The zero-order valence-electron chi connectivity index (χ0n) is 18.1. The molecule has 168 valence electrons. The van der Waals surface area contributed by atoms with Crippen molar-refractivity contribution in [3.63, 3.8) is 0 Å². The molecule has 12 heteroatoms. The lowest BCUT2D eigenvalue weighted by Gasteiger charge is -2.38. The van der Waals surface area contributed by atoms with Gasteiger partial charge in [-0.15, -0.1) is 0 Å². The molecule has 0 radical (unpaired) electrons. The van der Waals surface area contributed by atoms with Gasteiger partial charge in [0.15, 0.2) is 14.1 Å². The predicted molar refractivity (Wildman–Crippen MR) is 107 cm³/mol. The fourth-order valence-electron chi connectivity index (χ4n) is 2.41. The molecule has 0 aromatic rings. The van der Waals surface area contributed by atoms with Crippen molar-refractivity contribution in [2.45, 2.75) is 76.8 Å². The van der Waals surface area contributed by atoms with Crippen molar-refractivity contribution in [2.24, 2.45) is 0 Å². The van der Waals surface area contributed by atoms with Gasteiger partial charge < -0.3 is 13.9 Å². The van der Waals surface area contributed by atoms with E-state index in [4.69, 9.17) is 22.3 Å². The number of hydrogen-bond acceptors (Lipinski definition) is 9. The van der Waals surface area contributed by atoms with Gasteiger partial charge in [0.1, 0.15) is 18.3 Å². The first-order valence-corrected chi connectivity index (χ1v) is 15.5. The minimum Gasteiger partial charge on any atom is -0.414 e. The maximum atomic E-state index is 11.8. The Morgan fingerprint density at radius 2 is 1.57 bits per heavy atom. The highest BCUT2D eigenvalue weighted by Gasteiger charge is 2.48. The van der Waals surface area contributed by atoms with Crippen molar-refractivity contribution in [2.75, 3.05) is 25.7 Å². The highest BCUT2D eigenvalue weighted by molar-refractivity contribution is 7.86. The van der Waals surface area contributed by atoms with Crippen LogP contribution >= 0.6 is 0 Å². The zero-order valence-corrected chi connectivity index (χ0v) is 20.8. The van der Waals surface area contributed by atoms with Gasteiger partial charge in [-0.1, -0.05) is 20.8 Å². The first kappa shape index (κ1) is 26.0. The first-order chi connectivity index (χ1) is 12.2. The summed E-state index contributed by atoms with van der Waals surface area (Å²) in [6, 6.07) is 0. The van der Waals surface area contributed by atoms with Crippen molar-refractivity contribution < 1.29 is 39.1 Å². The number of rotatable bonds is 9. The van der Waals surface area contributed by atoms with Gasteiger partial charge in [-0.3, -0.25) is 8.37 Å². The molecule has 0 spiro atoms. The van der Waals surface area contributed by atoms with Crippen LogP contribution in [0.5, 0.6) is 0 Å². The predicted octanol–water partition coefficient (Wildman–Crippen LogP) is 1.85. The van der Waals surface area contributed by atoms with E-state index in [0.717, 1.165) is 12.5 Å². The summed E-state index contributed by atoms with van der Waals surface area (Å²) in [6.07, 6.45) is -0.890. The maximum absolute atomic E-state index is 11.8. The summed E-state index contributed by atoms with van der Waals surface area (Å²) in [5.41, 5.74) is 0. The normalized spacial score (nSPS) is 25.0. The molecule has 1 aliphatic rings. The van der Waals surface area contributed by atoms with Crippen molar-refractivity contribution in [1.29, 1.82) is 0 Å². The summed E-state index contributed by atoms with van der Waals surface area (Å²) >= 11 is 0. The van der Waals surface area contributed by atoms with Gasteiger partial charge in [0.2, 0.25) is 0 Å². The molecule has 1 heterocycles. The fourth-order valence-corrected chi connectivity index (χ4v) is 4.42. The number of ether oxygens (including phenoxy) is 2. The van der Waals surface area contributed by atoms with E-state index in [9.17, 15) is 16.8 Å². The number of hydrogen-bond donors (Lipinski definition) is 0. The third kappa shape index (κ3) is 8.34. The van der Waals surface area contributed by atoms with Gasteiger partial charge >= 0.3 is 0 Å². The van der Waals surface area contributed by atoms with Crippen molar-refractivity contribution >= 4 is 28.6 Å². The maximum Gasteiger partial charge on any atom is 0.264 e. The van der Waals surface area contributed by atoms with Crippen LogP contribution in [-0.4, -0.2) is 75.0 Å². The van der Waals surface area contributed by atoms with Gasteiger partial charge in [0, 0.05) is 0 Å². The van der Waals surface area contributed by atoms with Crippen molar-refractivity contribution in [3.05, 3.63) is 0 Å². The molecule has 0 N–H and O–H groups in total. The van der Waals surface area contributed by atoms with Crippen LogP contribution in [-0.2, 0) is 42.5 Å². The lowest BCUT2D eigenvalue weighted by molar-refractivity contribution is -0.156. The summed E-state index contributed by atoms with van der Waals surface area (Å²) in [7, 11) is -9.73. The lowest BCUT2D eigenvalue weighted by Crippen LogP contribution is -2.48. The monoisotopic (exact) mass is 462 g/mol. The summed E-state index contributed by atoms with van der Waals surface area (Å²) < 4.78 is 74.1. The van der Waals surface area contributed by atoms with Gasteiger partial charge in [-0.05, 0) is 32.0 Å². The lowest BCUT2D eigenvalue weighted by atomic mass is 10.1. The Hall–Kier alpha value is -0.0831. The van der Waals surface area contributed by atoms with Crippen LogP contribution in [0.4, 0.5) is 0 Å². The van der Waals surface area contributed by atoms with E-state index in [2.05, 4.69) is 20.8 Å². The van der Waals surface area contributed by atoms with E-state index in [1.807, 2.05) is 13.1 Å². The fraction of sp³-hybridized carbons (Fsp3) is 1.00. The summed E-state index contributed by atoms with van der Waals surface area (Å²) in [5.74, 6) is -1.06. The highest BCUT2D eigenvalue weighted by atomic mass is 32.2. The topological polar surface area (TPSA) is 114 Å². The van der Waals surface area contributed by atoms with Crippen molar-refractivity contribution in [3.8, 4) is 0 Å². The van der Waals surface area contributed by atoms with Crippen LogP contribution in [0.1, 0.15) is 34.6 Å². The second-order valence-electron chi connectivity index (χ2n) is 9.04. The van der Waals surface area contributed by atoms with Crippen LogP contribution in [0, 0.1) is 0 Å². The summed E-state index contributed by atoms with van der Waals surface area (Å²) in [6.45, 7) is 13.2. The van der Waals surface area contributed by atoms with Crippen LogP contribution in [0.2, 0.25) is 18.1 Å². The molecule has 1 aliphatic heterocycles. The SMILES string of the molecule is CC1(C)O[C@H]([C@@H](CO[Si](C)(C)C(C)(C)C)OS(C)(=O)=O)[C@H](COS(C)(=O)=O)O1. The van der Waals surface area contributed by atoms with Gasteiger partial charge in [-0.2, -0.15) is 16.8 Å². The van der Waals surface area contributed by atoms with Crippen LogP contribution in [0.3, 0.4) is 0 Å². The van der Waals surface area contributed by atoms with E-state index in [1.54, 1.807) is 13.8 Å². The molecule has 0 aliphatic carbocycles. The van der Waals surface area contributed by atoms with E-state index in [1.165, 1.54) is 0 Å². The summed E-state index contributed by atoms with van der Waals surface area (Å²) in [4.78, 5) is 0. The smallest absolute Gasteiger partial charge is 0.264 e. The molecule has 1 saturated heterocycles. The zero-order chi connectivity index (χ0) is 22.2. The van der Waals surface area contributed by atoms with E-state index in [-0.39, 0.29) is 18.3 Å². The van der Waals surface area contributed by atoms with Crippen LogP contribution in [0.25, 0.3) is 0 Å². The second kappa shape index (κ2) is 8.58. The van der Waals surface area contributed by atoms with Crippen LogP contribution in [0.15, 0.2) is 0 Å². The molecule has 0 aromatic heterocycles. The molecular weight excluding hydrogens is 428 g/mol. The van der Waals surface area contributed by atoms with Crippen LogP contribution < -0.4 is 0 Å². The average molecular weight is 463 g/mol. The van der Waals surface area contributed by atoms with Gasteiger partial charge in [0.25, 0.3) is 20.2 Å². The third-order valence-electron chi connectivity index (χ3n) is 4.75. The Morgan fingerprint density at radius 3 is 2.00 bits per heavy atom. The molecule has 1 fully saturated rings. The molecule has 0 aromatic carbocycles. The molecule has 28 heavy (non-hydrogen) atoms. The quantitative estimate of drug-likeness (QED) is 0.374. The molecule has 9 nitrogen and oxygen atoms in total. The van der Waals surface area contributed by atoms with E-state index < -0.39 is 52.7 Å². The minimum atomic E-state index is -3.83. The largest absolute Gasteiger partial charge is 0.414 e. The Labute approximate surface area is 170 Å². The summed E-state index contributed by atoms with van der Waals surface area (Å²) in [5, 5.41) is -0.0895. The minimum absolute atomic E-state index is 0.0386.